The summed E-state index contributed by atoms with van der Waals surface area (Å²) in [6.07, 6.45) is 0.249. The van der Waals surface area contributed by atoms with Crippen LogP contribution in [0.3, 0.4) is 0 Å². The van der Waals surface area contributed by atoms with Gasteiger partial charge in [0, 0.05) is 12.2 Å². The lowest BCUT2D eigenvalue weighted by Crippen LogP contribution is -2.20. The van der Waals surface area contributed by atoms with Crippen LogP contribution in [0.5, 0.6) is 11.5 Å². The van der Waals surface area contributed by atoms with Gasteiger partial charge in [-0.2, -0.15) is 5.26 Å². The van der Waals surface area contributed by atoms with Crippen LogP contribution in [0.4, 0.5) is 15.9 Å². The molecule has 168 valence electrons. The van der Waals surface area contributed by atoms with Crippen LogP contribution < -0.4 is 9.64 Å². The number of carbonyl (C=O) groups is 1. The third-order valence-corrected chi connectivity index (χ3v) is 5.06. The average molecular weight is 453 g/mol. The van der Waals surface area contributed by atoms with E-state index in [1.165, 1.54) is 30.3 Å². The lowest BCUT2D eigenvalue weighted by Gasteiger charge is -2.24. The number of anilines is 2. The number of aromatic nitrogens is 1. The fraction of sp³-hybridized carbons (Fsp3) is 0.0741. The number of carboxylic acids is 1. The lowest BCUT2D eigenvalue weighted by molar-refractivity contribution is 0.0690. The number of pyridine rings is 1. The molecular formula is C27H20FN3O3. The smallest absolute Gasteiger partial charge is 0.354 e. The molecule has 7 heteroatoms. The Morgan fingerprint density at radius 2 is 1.59 bits per heavy atom. The summed E-state index contributed by atoms with van der Waals surface area (Å²) in [5, 5.41) is 18.8. The molecule has 6 nitrogen and oxygen atoms in total. The number of halogens is 1. The summed E-state index contributed by atoms with van der Waals surface area (Å²) in [7, 11) is 0. The Morgan fingerprint density at radius 1 is 0.941 bits per heavy atom. The van der Waals surface area contributed by atoms with Crippen molar-refractivity contribution < 1.29 is 19.0 Å². The van der Waals surface area contributed by atoms with Crippen molar-refractivity contribution in [2.24, 2.45) is 0 Å². The van der Waals surface area contributed by atoms with Gasteiger partial charge < -0.3 is 14.7 Å². The molecule has 4 rings (SSSR count). The Morgan fingerprint density at radius 3 is 2.21 bits per heavy atom. The Labute approximate surface area is 196 Å². The summed E-state index contributed by atoms with van der Waals surface area (Å²) >= 11 is 0. The molecule has 0 amide bonds. The summed E-state index contributed by atoms with van der Waals surface area (Å²) in [5.74, 6) is 0.00733. The first-order valence-corrected chi connectivity index (χ1v) is 10.5. The van der Waals surface area contributed by atoms with E-state index in [0.717, 1.165) is 11.3 Å². The summed E-state index contributed by atoms with van der Waals surface area (Å²) in [4.78, 5) is 18.0. The molecule has 0 radical (unpaired) electrons. The van der Waals surface area contributed by atoms with Crippen LogP contribution in [0.25, 0.3) is 11.1 Å². The number of nitriles is 1. The first-order valence-electron chi connectivity index (χ1n) is 10.5. The summed E-state index contributed by atoms with van der Waals surface area (Å²) < 4.78 is 18.8. The molecule has 0 unspecified atom stereocenters. The fourth-order valence-electron chi connectivity index (χ4n) is 3.43. The maximum Gasteiger partial charge on any atom is 0.354 e. The number of rotatable bonds is 8. The number of carboxylic acid groups (broad SMARTS) is 1. The van der Waals surface area contributed by atoms with Crippen molar-refractivity contribution in [3.05, 3.63) is 103 Å². The molecule has 0 fully saturated rings. The summed E-state index contributed by atoms with van der Waals surface area (Å²) in [6.45, 7) is 0.362. The number of ether oxygens (including phenoxy) is 1. The van der Waals surface area contributed by atoms with Crippen molar-refractivity contribution in [1.29, 1.82) is 5.26 Å². The van der Waals surface area contributed by atoms with Gasteiger partial charge in [0.1, 0.15) is 23.1 Å². The van der Waals surface area contributed by atoms with E-state index in [1.54, 1.807) is 18.2 Å². The van der Waals surface area contributed by atoms with Crippen LogP contribution in [-0.4, -0.2) is 22.6 Å². The second kappa shape index (κ2) is 10.3. The van der Waals surface area contributed by atoms with E-state index < -0.39 is 5.97 Å². The van der Waals surface area contributed by atoms with E-state index in [-0.39, 0.29) is 17.9 Å². The Bertz CT molecular complexity index is 1320. The largest absolute Gasteiger partial charge is 0.477 e. The SMILES string of the molecule is N#CCCN(c1ccccc1)c1cc(-c2ccc(Oc3ccc(F)cc3)cc2)cc(C(=O)O)n1. The number of nitrogens with zero attached hydrogens (tertiary/aromatic N) is 3. The molecule has 0 atom stereocenters. The van der Waals surface area contributed by atoms with E-state index in [4.69, 9.17) is 10.00 Å². The molecule has 1 heterocycles. The first-order chi connectivity index (χ1) is 16.5. The first kappa shape index (κ1) is 22.5. The highest BCUT2D eigenvalue weighted by Crippen LogP contribution is 2.31. The maximum atomic E-state index is 13.1. The van der Waals surface area contributed by atoms with Gasteiger partial charge >= 0.3 is 5.97 Å². The number of aromatic carboxylic acids is 1. The summed E-state index contributed by atoms with van der Waals surface area (Å²) in [5.41, 5.74) is 2.14. The third-order valence-electron chi connectivity index (χ3n) is 5.06. The molecule has 0 spiro atoms. The zero-order valence-electron chi connectivity index (χ0n) is 18.1. The van der Waals surface area contributed by atoms with Gasteiger partial charge in [0.15, 0.2) is 5.69 Å². The Balaban J connectivity index is 1.68. The molecule has 1 N–H and O–H groups in total. The average Bonchev–Trinajstić information content (AvgIpc) is 2.86. The van der Waals surface area contributed by atoms with Gasteiger partial charge in [-0.1, -0.05) is 30.3 Å². The molecule has 0 saturated heterocycles. The zero-order valence-corrected chi connectivity index (χ0v) is 18.1. The predicted molar refractivity (Wildman–Crippen MR) is 127 cm³/mol. The predicted octanol–water partition coefficient (Wildman–Crippen LogP) is 6.43. The minimum atomic E-state index is -1.15. The van der Waals surface area contributed by atoms with E-state index in [2.05, 4.69) is 11.1 Å². The Kier molecular flexibility index (Phi) is 6.80. The molecular weight excluding hydrogens is 433 g/mol. The van der Waals surface area contributed by atoms with Gasteiger partial charge in [0.25, 0.3) is 0 Å². The minimum absolute atomic E-state index is 0.1000. The standard InChI is InChI=1S/C27H20FN3O3/c28-21-9-13-24(14-10-21)34-23-11-7-19(8-12-23)20-17-25(27(32)33)30-26(18-20)31(16-4-15-29)22-5-2-1-3-6-22/h1-3,5-14,17-18H,4,16H2,(H,32,33). The van der Waals surface area contributed by atoms with E-state index in [1.807, 2.05) is 47.4 Å². The monoisotopic (exact) mass is 453 g/mol. The van der Waals surface area contributed by atoms with Crippen LogP contribution in [0.2, 0.25) is 0 Å². The highest BCUT2D eigenvalue weighted by molar-refractivity contribution is 5.88. The molecule has 34 heavy (non-hydrogen) atoms. The normalized spacial score (nSPS) is 10.4. The molecule has 3 aromatic carbocycles. The van der Waals surface area contributed by atoms with Gasteiger partial charge in [-0.25, -0.2) is 14.2 Å². The second-order valence-electron chi connectivity index (χ2n) is 7.38. The molecule has 0 aliphatic heterocycles. The van der Waals surface area contributed by atoms with Gasteiger partial charge in [-0.3, -0.25) is 0 Å². The van der Waals surface area contributed by atoms with Crippen molar-refractivity contribution in [2.45, 2.75) is 6.42 Å². The quantitative estimate of drug-likeness (QED) is 0.331. The third kappa shape index (κ3) is 5.37. The molecule has 4 aromatic rings. The molecule has 0 aliphatic carbocycles. The lowest BCUT2D eigenvalue weighted by atomic mass is 10.0. The van der Waals surface area contributed by atoms with E-state index >= 15 is 0 Å². The van der Waals surface area contributed by atoms with Crippen LogP contribution in [0, 0.1) is 17.1 Å². The maximum absolute atomic E-state index is 13.1. The number of hydrogen-bond acceptors (Lipinski definition) is 5. The van der Waals surface area contributed by atoms with Crippen molar-refractivity contribution in [3.8, 4) is 28.7 Å². The van der Waals surface area contributed by atoms with Crippen LogP contribution >= 0.6 is 0 Å². The zero-order chi connectivity index (χ0) is 23.9. The van der Waals surface area contributed by atoms with Gasteiger partial charge in [-0.05, 0) is 71.8 Å². The highest BCUT2D eigenvalue weighted by Gasteiger charge is 2.16. The van der Waals surface area contributed by atoms with Crippen molar-refractivity contribution in [2.75, 3.05) is 11.4 Å². The minimum Gasteiger partial charge on any atom is -0.477 e. The number of para-hydroxylation sites is 1. The van der Waals surface area contributed by atoms with Crippen LogP contribution in [-0.2, 0) is 0 Å². The Hall–Kier alpha value is -4.70. The highest BCUT2D eigenvalue weighted by atomic mass is 19.1. The van der Waals surface area contributed by atoms with Crippen LogP contribution in [0.15, 0.2) is 91.0 Å². The summed E-state index contributed by atoms with van der Waals surface area (Å²) in [6, 6.07) is 27.7. The number of benzene rings is 3. The van der Waals surface area contributed by atoms with Crippen molar-refractivity contribution >= 4 is 17.5 Å². The van der Waals surface area contributed by atoms with Gasteiger partial charge in [-0.15, -0.1) is 0 Å². The van der Waals surface area contributed by atoms with Gasteiger partial charge in [0.05, 0.1) is 12.5 Å². The molecule has 0 aliphatic rings. The van der Waals surface area contributed by atoms with E-state index in [9.17, 15) is 14.3 Å². The van der Waals surface area contributed by atoms with Crippen molar-refractivity contribution in [1.82, 2.24) is 4.98 Å². The second-order valence-corrected chi connectivity index (χ2v) is 7.38. The van der Waals surface area contributed by atoms with Crippen molar-refractivity contribution in [3.63, 3.8) is 0 Å². The van der Waals surface area contributed by atoms with E-state index in [0.29, 0.717) is 29.4 Å². The molecule has 0 bridgehead atoms. The fourth-order valence-corrected chi connectivity index (χ4v) is 3.43. The topological polar surface area (TPSA) is 86.5 Å². The molecule has 0 saturated carbocycles. The molecule has 1 aromatic heterocycles. The van der Waals surface area contributed by atoms with Gasteiger partial charge in [0.2, 0.25) is 0 Å². The number of hydrogen-bond donors (Lipinski definition) is 1. The van der Waals surface area contributed by atoms with Crippen LogP contribution in [0.1, 0.15) is 16.9 Å².